The van der Waals surface area contributed by atoms with Crippen LogP contribution in [-0.2, 0) is 23.1 Å². The number of urea groups is 1. The standard InChI is InChI=1S/C18H14F4N2O2/c1-17(12-5-7-14(19)8-6-12)15(25)24(16(26)23-17)10-11-3-2-4-13(9-11)18(20,21)22/h2-9H,10H2,1H3,(H,23,26). The predicted octanol–water partition coefficient (Wildman–Crippen LogP) is 3.81. The van der Waals surface area contributed by atoms with Crippen LogP contribution in [0.2, 0.25) is 0 Å². The van der Waals surface area contributed by atoms with Crippen LogP contribution >= 0.6 is 0 Å². The molecule has 1 heterocycles. The van der Waals surface area contributed by atoms with E-state index in [4.69, 9.17) is 0 Å². The summed E-state index contributed by atoms with van der Waals surface area (Å²) in [7, 11) is 0. The molecule has 1 atom stereocenters. The number of alkyl halides is 3. The maximum Gasteiger partial charge on any atom is 0.416 e. The van der Waals surface area contributed by atoms with Gasteiger partial charge in [0.15, 0.2) is 0 Å². The highest BCUT2D eigenvalue weighted by Crippen LogP contribution is 2.32. The number of carbonyl (C=O) groups is 2. The van der Waals surface area contributed by atoms with Gasteiger partial charge in [-0.2, -0.15) is 13.2 Å². The van der Waals surface area contributed by atoms with Gasteiger partial charge in [0.1, 0.15) is 11.4 Å². The number of carbonyl (C=O) groups excluding carboxylic acids is 2. The average molecular weight is 366 g/mol. The van der Waals surface area contributed by atoms with E-state index < -0.39 is 35.0 Å². The SMILES string of the molecule is CC1(c2ccc(F)cc2)NC(=O)N(Cc2cccc(C(F)(F)F)c2)C1=O. The number of benzene rings is 2. The van der Waals surface area contributed by atoms with E-state index in [9.17, 15) is 27.2 Å². The number of nitrogens with one attached hydrogen (secondary N) is 1. The van der Waals surface area contributed by atoms with Crippen molar-refractivity contribution in [3.05, 3.63) is 71.0 Å². The van der Waals surface area contributed by atoms with Gasteiger partial charge in [-0.1, -0.05) is 24.3 Å². The number of rotatable bonds is 3. The van der Waals surface area contributed by atoms with Crippen LogP contribution in [0.3, 0.4) is 0 Å². The maximum atomic E-state index is 13.1. The average Bonchev–Trinajstić information content (AvgIpc) is 2.79. The Labute approximate surface area is 146 Å². The molecule has 0 spiro atoms. The molecule has 8 heteroatoms. The molecule has 2 aromatic carbocycles. The molecule has 26 heavy (non-hydrogen) atoms. The van der Waals surface area contributed by atoms with E-state index in [0.717, 1.165) is 29.2 Å². The summed E-state index contributed by atoms with van der Waals surface area (Å²) in [5.41, 5.74) is -1.72. The molecule has 1 saturated heterocycles. The summed E-state index contributed by atoms with van der Waals surface area (Å²) >= 11 is 0. The van der Waals surface area contributed by atoms with Crippen LogP contribution in [0.4, 0.5) is 22.4 Å². The van der Waals surface area contributed by atoms with E-state index in [1.807, 2.05) is 0 Å². The first-order valence-corrected chi connectivity index (χ1v) is 7.67. The molecule has 3 rings (SSSR count). The van der Waals surface area contributed by atoms with Crippen molar-refractivity contribution in [3.63, 3.8) is 0 Å². The van der Waals surface area contributed by atoms with Gasteiger partial charge in [-0.15, -0.1) is 0 Å². The highest BCUT2D eigenvalue weighted by molar-refractivity contribution is 6.07. The second-order valence-corrected chi connectivity index (χ2v) is 6.15. The number of hydrogen-bond donors (Lipinski definition) is 1. The molecule has 0 radical (unpaired) electrons. The first kappa shape index (κ1) is 17.9. The summed E-state index contributed by atoms with van der Waals surface area (Å²) in [6, 6.07) is 8.79. The molecule has 0 aliphatic carbocycles. The van der Waals surface area contributed by atoms with Crippen molar-refractivity contribution >= 4 is 11.9 Å². The lowest BCUT2D eigenvalue weighted by atomic mass is 9.92. The van der Waals surface area contributed by atoms with E-state index in [2.05, 4.69) is 5.32 Å². The van der Waals surface area contributed by atoms with E-state index in [0.29, 0.717) is 5.56 Å². The Morgan fingerprint density at radius 1 is 1.08 bits per heavy atom. The third-order valence-corrected chi connectivity index (χ3v) is 4.29. The zero-order valence-corrected chi connectivity index (χ0v) is 13.6. The predicted molar refractivity (Wildman–Crippen MR) is 84.3 cm³/mol. The fourth-order valence-electron chi connectivity index (χ4n) is 2.85. The first-order valence-electron chi connectivity index (χ1n) is 7.67. The van der Waals surface area contributed by atoms with Crippen LogP contribution < -0.4 is 5.32 Å². The van der Waals surface area contributed by atoms with Crippen molar-refractivity contribution in [2.45, 2.75) is 25.2 Å². The zero-order chi connectivity index (χ0) is 19.1. The molecular weight excluding hydrogens is 352 g/mol. The van der Waals surface area contributed by atoms with Crippen LogP contribution in [0.25, 0.3) is 0 Å². The Morgan fingerprint density at radius 3 is 2.35 bits per heavy atom. The lowest BCUT2D eigenvalue weighted by molar-refractivity contribution is -0.137. The highest BCUT2D eigenvalue weighted by Gasteiger charge is 2.48. The topological polar surface area (TPSA) is 49.4 Å². The van der Waals surface area contributed by atoms with Crippen LogP contribution in [0, 0.1) is 5.82 Å². The van der Waals surface area contributed by atoms with Crippen LogP contribution in [0.15, 0.2) is 48.5 Å². The molecule has 0 saturated carbocycles. The summed E-state index contributed by atoms with van der Waals surface area (Å²) in [6.45, 7) is 1.16. The van der Waals surface area contributed by atoms with Gasteiger partial charge in [0.2, 0.25) is 0 Å². The summed E-state index contributed by atoms with van der Waals surface area (Å²) in [5, 5.41) is 2.52. The Morgan fingerprint density at radius 2 is 1.73 bits per heavy atom. The van der Waals surface area contributed by atoms with E-state index in [-0.39, 0.29) is 12.1 Å². The largest absolute Gasteiger partial charge is 0.416 e. The Hall–Kier alpha value is -2.90. The molecule has 136 valence electrons. The molecule has 2 aromatic rings. The molecule has 1 aliphatic heterocycles. The maximum absolute atomic E-state index is 13.1. The number of hydrogen-bond acceptors (Lipinski definition) is 2. The van der Waals surface area contributed by atoms with Crippen molar-refractivity contribution < 1.29 is 27.2 Å². The Balaban J connectivity index is 1.87. The van der Waals surface area contributed by atoms with Crippen molar-refractivity contribution in [3.8, 4) is 0 Å². The quantitative estimate of drug-likeness (QED) is 0.663. The minimum Gasteiger partial charge on any atom is -0.319 e. The first-order chi connectivity index (χ1) is 12.1. The van der Waals surface area contributed by atoms with Gasteiger partial charge in [0.05, 0.1) is 12.1 Å². The number of halogens is 4. The molecule has 1 aliphatic rings. The van der Waals surface area contributed by atoms with Gasteiger partial charge in [-0.3, -0.25) is 9.69 Å². The number of imide groups is 1. The van der Waals surface area contributed by atoms with Crippen molar-refractivity contribution in [1.82, 2.24) is 10.2 Å². The second-order valence-electron chi connectivity index (χ2n) is 6.15. The molecular formula is C18H14F4N2O2. The van der Waals surface area contributed by atoms with Crippen molar-refractivity contribution in [2.75, 3.05) is 0 Å². The van der Waals surface area contributed by atoms with Gasteiger partial charge in [0.25, 0.3) is 5.91 Å². The fourth-order valence-corrected chi connectivity index (χ4v) is 2.85. The second kappa shape index (κ2) is 6.12. The third-order valence-electron chi connectivity index (χ3n) is 4.29. The van der Waals surface area contributed by atoms with Gasteiger partial charge in [-0.25, -0.2) is 9.18 Å². The van der Waals surface area contributed by atoms with Crippen molar-refractivity contribution in [2.24, 2.45) is 0 Å². The summed E-state index contributed by atoms with van der Waals surface area (Å²) in [4.78, 5) is 25.8. The Bertz CT molecular complexity index is 864. The van der Waals surface area contributed by atoms with Crippen molar-refractivity contribution in [1.29, 1.82) is 0 Å². The minimum atomic E-state index is -4.52. The summed E-state index contributed by atoms with van der Waals surface area (Å²) < 4.78 is 51.6. The third kappa shape index (κ3) is 3.14. The monoisotopic (exact) mass is 366 g/mol. The van der Waals surface area contributed by atoms with E-state index in [1.165, 1.54) is 31.2 Å². The lowest BCUT2D eigenvalue weighted by Crippen LogP contribution is -2.40. The molecule has 1 unspecified atom stereocenters. The van der Waals surface area contributed by atoms with Crippen LogP contribution in [0.5, 0.6) is 0 Å². The summed E-state index contributed by atoms with van der Waals surface area (Å²) in [6.07, 6.45) is -4.52. The molecule has 4 nitrogen and oxygen atoms in total. The van der Waals surface area contributed by atoms with Gasteiger partial charge in [0, 0.05) is 0 Å². The molecule has 3 amide bonds. The Kier molecular flexibility index (Phi) is 4.21. The molecule has 1 N–H and O–H groups in total. The highest BCUT2D eigenvalue weighted by atomic mass is 19.4. The van der Waals surface area contributed by atoms with Crippen LogP contribution in [-0.4, -0.2) is 16.8 Å². The lowest BCUT2D eigenvalue weighted by Gasteiger charge is -2.22. The zero-order valence-electron chi connectivity index (χ0n) is 13.6. The van der Waals surface area contributed by atoms with Gasteiger partial charge < -0.3 is 5.32 Å². The smallest absolute Gasteiger partial charge is 0.319 e. The normalized spacial score (nSPS) is 20.4. The fraction of sp³-hybridized carbons (Fsp3) is 0.222. The van der Waals surface area contributed by atoms with Gasteiger partial charge >= 0.3 is 12.2 Å². The van der Waals surface area contributed by atoms with E-state index in [1.54, 1.807) is 0 Å². The van der Waals surface area contributed by atoms with Gasteiger partial charge in [-0.05, 0) is 42.3 Å². The molecule has 0 bridgehead atoms. The molecule has 1 fully saturated rings. The van der Waals surface area contributed by atoms with Crippen LogP contribution in [0.1, 0.15) is 23.6 Å². The molecule has 0 aromatic heterocycles. The number of nitrogens with zero attached hydrogens (tertiary/aromatic N) is 1. The summed E-state index contributed by atoms with van der Waals surface area (Å²) in [5.74, 6) is -1.11. The number of amides is 3. The van der Waals surface area contributed by atoms with E-state index >= 15 is 0 Å². The minimum absolute atomic E-state index is 0.173.